The second-order valence-corrected chi connectivity index (χ2v) is 4.73. The number of nitrogen functional groups attached to an aromatic ring is 1. The number of hydrogen-bond acceptors (Lipinski definition) is 5. The Balaban J connectivity index is 2.18. The van der Waals surface area contributed by atoms with E-state index in [1.165, 1.54) is 12.1 Å². The Labute approximate surface area is 131 Å². The molecule has 3 N–H and O–H groups in total. The van der Waals surface area contributed by atoms with Gasteiger partial charge in [-0.2, -0.15) is 13.2 Å². The number of anilines is 2. The summed E-state index contributed by atoms with van der Waals surface area (Å²) >= 11 is 0. The number of aromatic nitrogens is 2. The van der Waals surface area contributed by atoms with Crippen molar-refractivity contribution in [3.8, 4) is 11.1 Å². The van der Waals surface area contributed by atoms with Gasteiger partial charge in [0, 0.05) is 18.7 Å². The lowest BCUT2D eigenvalue weighted by atomic mass is 10.0. The van der Waals surface area contributed by atoms with E-state index in [0.29, 0.717) is 36.7 Å². The van der Waals surface area contributed by atoms with Crippen molar-refractivity contribution in [1.29, 1.82) is 0 Å². The number of ether oxygens (including phenoxy) is 1. The largest absolute Gasteiger partial charge is 0.416 e. The van der Waals surface area contributed by atoms with Gasteiger partial charge in [-0.3, -0.25) is 0 Å². The second kappa shape index (κ2) is 7.28. The molecule has 2 aromatic rings. The van der Waals surface area contributed by atoms with Crippen LogP contribution >= 0.6 is 0 Å². The molecule has 0 atom stereocenters. The zero-order valence-corrected chi connectivity index (χ0v) is 12.5. The Kier molecular flexibility index (Phi) is 5.38. The molecule has 0 aliphatic carbocycles. The Morgan fingerprint density at radius 2 is 1.87 bits per heavy atom. The monoisotopic (exact) mass is 326 g/mol. The first-order valence-corrected chi connectivity index (χ1v) is 7.04. The SMILES string of the molecule is CCOCCNc1cc(-c2ccc(C(F)(F)F)cc2)c(N)nn1. The van der Waals surface area contributed by atoms with Crippen LogP contribution in [0.5, 0.6) is 0 Å². The van der Waals surface area contributed by atoms with Crippen molar-refractivity contribution >= 4 is 11.6 Å². The average Bonchev–Trinajstić information content (AvgIpc) is 2.52. The number of rotatable bonds is 6. The normalized spacial score (nSPS) is 11.5. The first-order chi connectivity index (χ1) is 10.9. The highest BCUT2D eigenvalue weighted by Gasteiger charge is 2.30. The molecule has 0 unspecified atom stereocenters. The lowest BCUT2D eigenvalue weighted by Crippen LogP contribution is -2.11. The standard InChI is InChI=1S/C15H17F3N4O/c1-2-23-8-7-20-13-9-12(14(19)22-21-13)10-3-5-11(6-4-10)15(16,17)18/h3-6,9H,2,7-8H2,1H3,(H2,19,22)(H,20,21). The Morgan fingerprint density at radius 3 is 2.48 bits per heavy atom. The molecule has 2 rings (SSSR count). The molecule has 0 spiro atoms. The molecule has 1 heterocycles. The molecule has 124 valence electrons. The van der Waals surface area contributed by atoms with Crippen LogP contribution < -0.4 is 11.1 Å². The van der Waals surface area contributed by atoms with Gasteiger partial charge in [-0.25, -0.2) is 0 Å². The van der Waals surface area contributed by atoms with Gasteiger partial charge in [0.05, 0.1) is 12.2 Å². The first-order valence-electron chi connectivity index (χ1n) is 7.04. The van der Waals surface area contributed by atoms with Crippen LogP contribution in [0.25, 0.3) is 11.1 Å². The summed E-state index contributed by atoms with van der Waals surface area (Å²) in [6.07, 6.45) is -4.37. The molecule has 0 saturated heterocycles. The highest BCUT2D eigenvalue weighted by molar-refractivity contribution is 5.75. The summed E-state index contributed by atoms with van der Waals surface area (Å²) in [4.78, 5) is 0. The summed E-state index contributed by atoms with van der Waals surface area (Å²) in [7, 11) is 0. The summed E-state index contributed by atoms with van der Waals surface area (Å²) in [5, 5.41) is 10.7. The molecular formula is C15H17F3N4O. The van der Waals surface area contributed by atoms with E-state index >= 15 is 0 Å². The van der Waals surface area contributed by atoms with Gasteiger partial charge in [0.1, 0.15) is 5.82 Å². The highest BCUT2D eigenvalue weighted by atomic mass is 19.4. The van der Waals surface area contributed by atoms with Crippen molar-refractivity contribution in [2.24, 2.45) is 0 Å². The maximum atomic E-state index is 12.6. The third-order valence-electron chi connectivity index (χ3n) is 3.10. The Bertz CT molecular complexity index is 644. The van der Waals surface area contributed by atoms with E-state index in [9.17, 15) is 13.2 Å². The fourth-order valence-corrected chi connectivity index (χ4v) is 1.95. The number of nitrogens with one attached hydrogen (secondary N) is 1. The zero-order chi connectivity index (χ0) is 16.9. The van der Waals surface area contributed by atoms with E-state index in [-0.39, 0.29) is 5.82 Å². The number of benzene rings is 1. The van der Waals surface area contributed by atoms with Crippen LogP contribution in [-0.4, -0.2) is 30.0 Å². The van der Waals surface area contributed by atoms with Crippen molar-refractivity contribution in [2.75, 3.05) is 30.8 Å². The summed E-state index contributed by atoms with van der Waals surface area (Å²) in [5.74, 6) is 0.633. The van der Waals surface area contributed by atoms with Gasteiger partial charge in [-0.05, 0) is 30.7 Å². The van der Waals surface area contributed by atoms with E-state index in [0.717, 1.165) is 12.1 Å². The van der Waals surface area contributed by atoms with Crippen molar-refractivity contribution in [2.45, 2.75) is 13.1 Å². The molecule has 23 heavy (non-hydrogen) atoms. The molecule has 8 heteroatoms. The van der Waals surface area contributed by atoms with E-state index in [2.05, 4.69) is 15.5 Å². The number of halogens is 3. The summed E-state index contributed by atoms with van der Waals surface area (Å²) < 4.78 is 43.0. The van der Waals surface area contributed by atoms with Gasteiger partial charge in [0.15, 0.2) is 5.82 Å². The number of alkyl halides is 3. The number of hydrogen-bond donors (Lipinski definition) is 2. The predicted molar refractivity (Wildman–Crippen MR) is 81.9 cm³/mol. The summed E-state index contributed by atoms with van der Waals surface area (Å²) in [6, 6.07) is 6.39. The van der Waals surface area contributed by atoms with Crippen molar-refractivity contribution in [3.05, 3.63) is 35.9 Å². The van der Waals surface area contributed by atoms with Crippen molar-refractivity contribution < 1.29 is 17.9 Å². The number of nitrogens with zero attached hydrogens (tertiary/aromatic N) is 2. The van der Waals surface area contributed by atoms with E-state index in [1.54, 1.807) is 6.07 Å². The molecule has 0 bridgehead atoms. The van der Waals surface area contributed by atoms with Crippen LogP contribution in [0, 0.1) is 0 Å². The molecule has 1 aromatic heterocycles. The minimum absolute atomic E-state index is 0.153. The molecular weight excluding hydrogens is 309 g/mol. The topological polar surface area (TPSA) is 73.1 Å². The van der Waals surface area contributed by atoms with Crippen molar-refractivity contribution in [1.82, 2.24) is 10.2 Å². The fourth-order valence-electron chi connectivity index (χ4n) is 1.95. The van der Waals surface area contributed by atoms with E-state index < -0.39 is 11.7 Å². The molecule has 1 aromatic carbocycles. The van der Waals surface area contributed by atoms with Crippen LogP contribution in [0.4, 0.5) is 24.8 Å². The van der Waals surface area contributed by atoms with Gasteiger partial charge < -0.3 is 15.8 Å². The average molecular weight is 326 g/mol. The van der Waals surface area contributed by atoms with Crippen LogP contribution in [0.2, 0.25) is 0 Å². The van der Waals surface area contributed by atoms with Crippen LogP contribution in [0.1, 0.15) is 12.5 Å². The maximum Gasteiger partial charge on any atom is 0.416 e. The molecule has 0 amide bonds. The van der Waals surface area contributed by atoms with Gasteiger partial charge in [-0.1, -0.05) is 12.1 Å². The van der Waals surface area contributed by atoms with Crippen LogP contribution in [-0.2, 0) is 10.9 Å². The molecule has 0 saturated carbocycles. The van der Waals surface area contributed by atoms with Gasteiger partial charge in [-0.15, -0.1) is 10.2 Å². The minimum Gasteiger partial charge on any atom is -0.382 e. The third-order valence-corrected chi connectivity index (χ3v) is 3.10. The number of nitrogens with two attached hydrogens (primary N) is 1. The second-order valence-electron chi connectivity index (χ2n) is 4.73. The summed E-state index contributed by atoms with van der Waals surface area (Å²) in [6.45, 7) is 3.56. The van der Waals surface area contributed by atoms with Crippen LogP contribution in [0.3, 0.4) is 0 Å². The summed E-state index contributed by atoms with van der Waals surface area (Å²) in [5.41, 5.74) is 6.12. The van der Waals surface area contributed by atoms with Gasteiger partial charge in [0.25, 0.3) is 0 Å². The zero-order valence-electron chi connectivity index (χ0n) is 12.5. The Hall–Kier alpha value is -2.35. The van der Waals surface area contributed by atoms with Crippen molar-refractivity contribution in [3.63, 3.8) is 0 Å². The molecule has 0 aliphatic heterocycles. The van der Waals surface area contributed by atoms with E-state index in [4.69, 9.17) is 10.5 Å². The predicted octanol–water partition coefficient (Wildman–Crippen LogP) is 3.19. The van der Waals surface area contributed by atoms with Crippen LogP contribution in [0.15, 0.2) is 30.3 Å². The smallest absolute Gasteiger partial charge is 0.382 e. The third kappa shape index (κ3) is 4.56. The minimum atomic E-state index is -4.37. The maximum absolute atomic E-state index is 12.6. The lowest BCUT2D eigenvalue weighted by molar-refractivity contribution is -0.137. The molecule has 0 radical (unpaired) electrons. The molecule has 0 fully saturated rings. The quantitative estimate of drug-likeness (QED) is 0.798. The van der Waals surface area contributed by atoms with Gasteiger partial charge in [0.2, 0.25) is 0 Å². The molecule has 0 aliphatic rings. The first kappa shape index (κ1) is 17.0. The fraction of sp³-hybridized carbons (Fsp3) is 0.333. The highest BCUT2D eigenvalue weighted by Crippen LogP contribution is 2.32. The molecule has 5 nitrogen and oxygen atoms in total. The Morgan fingerprint density at radius 1 is 1.17 bits per heavy atom. The van der Waals surface area contributed by atoms with Gasteiger partial charge >= 0.3 is 6.18 Å². The lowest BCUT2D eigenvalue weighted by Gasteiger charge is -2.10. The van der Waals surface area contributed by atoms with E-state index in [1.807, 2.05) is 6.92 Å².